The summed E-state index contributed by atoms with van der Waals surface area (Å²) in [4.78, 5) is 40.6. The van der Waals surface area contributed by atoms with Crippen molar-refractivity contribution in [2.75, 3.05) is 21.3 Å². The van der Waals surface area contributed by atoms with Gasteiger partial charge in [-0.1, -0.05) is 18.5 Å². The van der Waals surface area contributed by atoms with Crippen LogP contribution in [-0.4, -0.2) is 44.5 Å². The van der Waals surface area contributed by atoms with Crippen LogP contribution in [0.15, 0.2) is 45.9 Å². The summed E-state index contributed by atoms with van der Waals surface area (Å²) in [6, 6.07) is 3.39. The van der Waals surface area contributed by atoms with Crippen LogP contribution in [0, 0.1) is 5.92 Å². The smallest absolute Gasteiger partial charge is 0.354 e. The molecule has 0 amide bonds. The van der Waals surface area contributed by atoms with E-state index < -0.39 is 35.0 Å². The number of methoxy groups -OCH3 is 3. The number of dihydropyridines is 1. The lowest BCUT2D eigenvalue weighted by Gasteiger charge is -2.41. The molecule has 5 rings (SSSR count). The maximum Gasteiger partial charge on any atom is 0.354 e. The number of carbonyl (C=O) groups excluding carboxylic acids is 3. The molecular weight excluding hydrogens is 494 g/mol. The van der Waals surface area contributed by atoms with E-state index in [0.717, 1.165) is 5.56 Å². The largest absolute Gasteiger partial charge is 0.496 e. The van der Waals surface area contributed by atoms with Crippen molar-refractivity contribution in [3.8, 4) is 17.2 Å². The van der Waals surface area contributed by atoms with Crippen LogP contribution in [0.1, 0.15) is 35.2 Å². The number of ketones is 2. The Balaban J connectivity index is 1.66. The molecule has 1 aromatic carbocycles. The summed E-state index contributed by atoms with van der Waals surface area (Å²) in [5, 5.41) is 6.95. The molecule has 1 aliphatic carbocycles. The van der Waals surface area contributed by atoms with Crippen LogP contribution in [-0.2, 0) is 14.3 Å². The van der Waals surface area contributed by atoms with Gasteiger partial charge in [-0.15, -0.1) is 0 Å². The van der Waals surface area contributed by atoms with E-state index in [1.54, 1.807) is 13.0 Å². The predicted octanol–water partition coefficient (Wildman–Crippen LogP) is 4.04. The first-order valence-corrected chi connectivity index (χ1v) is 12.2. The number of esters is 1. The molecule has 1 N–H and O–H groups in total. The summed E-state index contributed by atoms with van der Waals surface area (Å²) in [7, 11) is 4.16. The minimum Gasteiger partial charge on any atom is -0.496 e. The summed E-state index contributed by atoms with van der Waals surface area (Å²) < 4.78 is 21.9. The summed E-state index contributed by atoms with van der Waals surface area (Å²) in [5.41, 5.74) is 0.298. The van der Waals surface area contributed by atoms with Crippen LogP contribution in [0.3, 0.4) is 0 Å². The molecule has 1 spiro atoms. The van der Waals surface area contributed by atoms with Gasteiger partial charge in [-0.25, -0.2) is 4.79 Å². The lowest BCUT2D eigenvalue weighted by Crippen LogP contribution is -2.58. The number of benzene rings is 1. The van der Waals surface area contributed by atoms with Gasteiger partial charge in [-0.3, -0.25) is 9.59 Å². The topological polar surface area (TPSA) is 100 Å². The van der Waals surface area contributed by atoms with E-state index in [2.05, 4.69) is 5.32 Å². The Morgan fingerprint density at radius 1 is 1.20 bits per heavy atom. The van der Waals surface area contributed by atoms with E-state index >= 15 is 0 Å². The highest BCUT2D eigenvalue weighted by atomic mass is 35.5. The number of Topliss-reactive ketones (excluding diaryl/α,β-unsaturated/α-hetero) is 2. The van der Waals surface area contributed by atoms with Crippen LogP contribution in [0.2, 0.25) is 5.02 Å². The number of allylic oxidation sites excluding steroid dienone is 2. The van der Waals surface area contributed by atoms with Gasteiger partial charge in [-0.05, 0) is 34.9 Å². The molecule has 2 aromatic rings. The molecule has 0 unspecified atom stereocenters. The summed E-state index contributed by atoms with van der Waals surface area (Å²) in [6.07, 6.45) is 1.93. The number of halogens is 1. The zero-order chi connectivity index (χ0) is 25.1. The van der Waals surface area contributed by atoms with Crippen molar-refractivity contribution in [2.45, 2.75) is 24.9 Å². The zero-order valence-electron chi connectivity index (χ0n) is 19.4. The highest BCUT2D eigenvalue weighted by Gasteiger charge is 2.63. The van der Waals surface area contributed by atoms with Gasteiger partial charge in [0.15, 0.2) is 5.75 Å². The molecule has 8 nitrogen and oxygen atoms in total. The maximum atomic E-state index is 14.3. The lowest BCUT2D eigenvalue weighted by atomic mass is 9.67. The third-order valence-corrected chi connectivity index (χ3v) is 7.83. The van der Waals surface area contributed by atoms with E-state index in [-0.39, 0.29) is 40.0 Å². The summed E-state index contributed by atoms with van der Waals surface area (Å²) in [5.74, 6) is -2.11. The molecule has 0 saturated carbocycles. The Hall–Kier alpha value is -3.30. The van der Waals surface area contributed by atoms with Crippen LogP contribution in [0.5, 0.6) is 17.2 Å². The van der Waals surface area contributed by atoms with E-state index in [0.29, 0.717) is 11.3 Å². The fourth-order valence-electron chi connectivity index (χ4n) is 5.04. The van der Waals surface area contributed by atoms with Crippen LogP contribution in [0.4, 0.5) is 0 Å². The molecular formula is C25H22ClNO7S. The van der Waals surface area contributed by atoms with Gasteiger partial charge >= 0.3 is 5.97 Å². The molecule has 10 heteroatoms. The van der Waals surface area contributed by atoms with Crippen molar-refractivity contribution in [1.82, 2.24) is 5.32 Å². The molecule has 182 valence electrons. The van der Waals surface area contributed by atoms with Gasteiger partial charge in [0.1, 0.15) is 27.8 Å². The number of carbonyl (C=O) groups is 3. The molecule has 0 bridgehead atoms. The van der Waals surface area contributed by atoms with Gasteiger partial charge < -0.3 is 24.3 Å². The van der Waals surface area contributed by atoms with E-state index in [1.165, 1.54) is 38.7 Å². The molecule has 35 heavy (non-hydrogen) atoms. The molecule has 2 aliphatic heterocycles. The highest BCUT2D eigenvalue weighted by molar-refractivity contribution is 7.08. The minimum absolute atomic E-state index is 0.0683. The minimum atomic E-state index is -1.82. The van der Waals surface area contributed by atoms with Crippen molar-refractivity contribution in [2.24, 2.45) is 5.92 Å². The number of hydrogen-bond acceptors (Lipinski definition) is 9. The monoisotopic (exact) mass is 515 g/mol. The number of rotatable bonds is 4. The van der Waals surface area contributed by atoms with Crippen molar-refractivity contribution in [1.29, 1.82) is 0 Å². The van der Waals surface area contributed by atoms with Gasteiger partial charge in [-0.2, -0.15) is 11.3 Å². The van der Waals surface area contributed by atoms with Crippen molar-refractivity contribution in [3.63, 3.8) is 0 Å². The lowest BCUT2D eigenvalue weighted by molar-refractivity contribution is -0.137. The van der Waals surface area contributed by atoms with Crippen LogP contribution >= 0.6 is 22.9 Å². The fraction of sp³-hybridized carbons (Fsp3) is 0.320. The summed E-state index contributed by atoms with van der Waals surface area (Å²) in [6.45, 7) is 1.76. The Morgan fingerprint density at radius 2 is 1.94 bits per heavy atom. The highest BCUT2D eigenvalue weighted by Crippen LogP contribution is 2.55. The first-order chi connectivity index (χ1) is 16.8. The van der Waals surface area contributed by atoms with Crippen molar-refractivity contribution in [3.05, 3.63) is 62.1 Å². The second-order valence-corrected chi connectivity index (χ2v) is 9.68. The summed E-state index contributed by atoms with van der Waals surface area (Å²) >= 11 is 7.98. The number of thiophene rings is 1. The van der Waals surface area contributed by atoms with E-state index in [9.17, 15) is 14.4 Å². The third-order valence-electron chi connectivity index (χ3n) is 6.77. The number of fused-ring (bicyclic) bond motifs is 1. The Bertz CT molecular complexity index is 1330. The fourth-order valence-corrected chi connectivity index (χ4v) is 6.00. The average Bonchev–Trinajstić information content (AvgIpc) is 3.50. The molecule has 3 atom stereocenters. The number of ether oxygens (including phenoxy) is 4. The molecule has 1 aromatic heterocycles. The molecule has 3 aliphatic rings. The molecule has 3 heterocycles. The molecule has 0 saturated heterocycles. The first-order valence-electron chi connectivity index (χ1n) is 10.8. The Labute approximate surface area is 210 Å². The van der Waals surface area contributed by atoms with Gasteiger partial charge in [0.25, 0.3) is 0 Å². The molecule has 0 fully saturated rings. The first kappa shape index (κ1) is 23.4. The van der Waals surface area contributed by atoms with Gasteiger partial charge in [0.05, 0.1) is 21.3 Å². The average molecular weight is 516 g/mol. The third kappa shape index (κ3) is 3.21. The van der Waals surface area contributed by atoms with Crippen molar-refractivity contribution < 1.29 is 33.3 Å². The normalized spacial score (nSPS) is 24.9. The number of hydrogen-bond donors (Lipinski definition) is 1. The SMILES string of the molecule is COC(=O)C1=C[C@H](c2ccsc2)C2=C(C[C@H](C)[C@]3(Oc4c(Cl)c(OC)cc(OC)c4C3=O)C2=O)N1. The second-order valence-electron chi connectivity index (χ2n) is 8.52. The second kappa shape index (κ2) is 8.42. The number of nitrogens with one attached hydrogen (secondary N) is 1. The Morgan fingerprint density at radius 3 is 2.57 bits per heavy atom. The molecule has 0 radical (unpaired) electrons. The quantitative estimate of drug-likeness (QED) is 0.481. The van der Waals surface area contributed by atoms with Crippen LogP contribution < -0.4 is 19.5 Å². The van der Waals surface area contributed by atoms with E-state index in [4.69, 9.17) is 30.5 Å². The standard InChI is InChI=1S/C25H22ClNO7S/c1-11-7-14-18(13(12-5-6-35-10-12)8-15(27-14)24(30)33-4)22(28)25(11)23(29)19-16(31-2)9-17(32-3)20(26)21(19)34-25/h5-6,8-11,13,27H,7H2,1-4H3/t11-,13+,25-/m0/s1. The Kier molecular flexibility index (Phi) is 5.64. The van der Waals surface area contributed by atoms with Crippen molar-refractivity contribution >= 4 is 40.5 Å². The van der Waals surface area contributed by atoms with Gasteiger partial charge in [0, 0.05) is 29.2 Å². The zero-order valence-corrected chi connectivity index (χ0v) is 21.0. The van der Waals surface area contributed by atoms with Gasteiger partial charge in [0.2, 0.25) is 17.2 Å². The predicted molar refractivity (Wildman–Crippen MR) is 128 cm³/mol. The van der Waals surface area contributed by atoms with E-state index in [1.807, 2.05) is 16.8 Å². The maximum absolute atomic E-state index is 14.3. The van der Waals surface area contributed by atoms with Crippen LogP contribution in [0.25, 0.3) is 0 Å².